The van der Waals surface area contributed by atoms with Crippen LogP contribution in [-0.2, 0) is 6.54 Å². The van der Waals surface area contributed by atoms with Crippen molar-refractivity contribution in [2.24, 2.45) is 0 Å². The molecule has 2 aromatic rings. The van der Waals surface area contributed by atoms with Gasteiger partial charge in [-0.1, -0.05) is 12.1 Å². The lowest BCUT2D eigenvalue weighted by Crippen LogP contribution is -2.33. The average Bonchev–Trinajstić information content (AvgIpc) is 2.59. The molecule has 0 aromatic carbocycles. The molecule has 0 bridgehead atoms. The van der Waals surface area contributed by atoms with Crippen molar-refractivity contribution in [2.45, 2.75) is 19.5 Å². The first-order valence-electron chi connectivity index (χ1n) is 7.82. The second-order valence-electron chi connectivity index (χ2n) is 5.18. The molecule has 0 radical (unpaired) electrons. The van der Waals surface area contributed by atoms with Gasteiger partial charge in [-0.2, -0.15) is 0 Å². The summed E-state index contributed by atoms with van der Waals surface area (Å²) < 4.78 is 0. The van der Waals surface area contributed by atoms with Gasteiger partial charge in [0.25, 0.3) is 0 Å². The molecule has 3 N–H and O–H groups in total. The van der Waals surface area contributed by atoms with Gasteiger partial charge in [0.2, 0.25) is 0 Å². The average molecular weight is 299 g/mol. The first kappa shape index (κ1) is 16.5. The molecular formula is C17H25N5. The highest BCUT2D eigenvalue weighted by atomic mass is 15.0. The smallest absolute Gasteiger partial charge is 0.0570 e. The molecule has 0 spiro atoms. The Balaban J connectivity index is 1.46. The first-order valence-corrected chi connectivity index (χ1v) is 7.82. The SMILES string of the molecule is CC(NCCNCCNCc1ccccn1)c1ccccn1. The van der Waals surface area contributed by atoms with Crippen molar-refractivity contribution in [3.63, 3.8) is 0 Å². The van der Waals surface area contributed by atoms with Crippen molar-refractivity contribution in [2.75, 3.05) is 26.2 Å². The van der Waals surface area contributed by atoms with Crippen LogP contribution >= 0.6 is 0 Å². The lowest BCUT2D eigenvalue weighted by Gasteiger charge is -2.13. The predicted octanol–water partition coefficient (Wildman–Crippen LogP) is 1.51. The third kappa shape index (κ3) is 6.30. The van der Waals surface area contributed by atoms with E-state index in [1.807, 2.05) is 48.8 Å². The van der Waals surface area contributed by atoms with Crippen molar-refractivity contribution in [1.82, 2.24) is 25.9 Å². The van der Waals surface area contributed by atoms with Crippen LogP contribution in [0.15, 0.2) is 48.8 Å². The molecule has 2 heterocycles. The summed E-state index contributed by atoms with van der Waals surface area (Å²) in [7, 11) is 0. The highest BCUT2D eigenvalue weighted by Gasteiger charge is 2.03. The molecule has 0 aliphatic rings. The number of hydrogen-bond acceptors (Lipinski definition) is 5. The Hall–Kier alpha value is -1.82. The number of nitrogens with one attached hydrogen (secondary N) is 3. The van der Waals surface area contributed by atoms with Gasteiger partial charge in [-0.05, 0) is 31.2 Å². The summed E-state index contributed by atoms with van der Waals surface area (Å²) in [4.78, 5) is 8.62. The van der Waals surface area contributed by atoms with Gasteiger partial charge in [0.1, 0.15) is 0 Å². The van der Waals surface area contributed by atoms with Crippen molar-refractivity contribution < 1.29 is 0 Å². The summed E-state index contributed by atoms with van der Waals surface area (Å²) in [5.41, 5.74) is 2.16. The van der Waals surface area contributed by atoms with Crippen molar-refractivity contribution in [3.05, 3.63) is 60.2 Å². The Labute approximate surface area is 132 Å². The first-order chi connectivity index (χ1) is 10.9. The van der Waals surface area contributed by atoms with Crippen LogP contribution in [0.1, 0.15) is 24.4 Å². The third-order valence-electron chi connectivity index (χ3n) is 3.39. The molecule has 22 heavy (non-hydrogen) atoms. The second-order valence-corrected chi connectivity index (χ2v) is 5.18. The molecular weight excluding hydrogens is 274 g/mol. The fourth-order valence-corrected chi connectivity index (χ4v) is 2.13. The van der Waals surface area contributed by atoms with E-state index in [2.05, 4.69) is 32.8 Å². The molecule has 1 unspecified atom stereocenters. The standard InChI is InChI=1S/C17H25N5/c1-15(17-7-3-5-9-22-17)20-13-12-18-10-11-19-14-16-6-2-4-8-21-16/h2-9,15,18-20H,10-14H2,1H3. The van der Waals surface area contributed by atoms with Crippen LogP contribution in [0.4, 0.5) is 0 Å². The highest BCUT2D eigenvalue weighted by Crippen LogP contribution is 2.06. The number of nitrogens with zero attached hydrogens (tertiary/aromatic N) is 2. The van der Waals surface area contributed by atoms with Crippen LogP contribution in [0, 0.1) is 0 Å². The topological polar surface area (TPSA) is 61.9 Å². The van der Waals surface area contributed by atoms with Crippen LogP contribution < -0.4 is 16.0 Å². The van der Waals surface area contributed by atoms with E-state index in [9.17, 15) is 0 Å². The third-order valence-corrected chi connectivity index (χ3v) is 3.39. The Morgan fingerprint density at radius 3 is 2.32 bits per heavy atom. The van der Waals surface area contributed by atoms with E-state index in [4.69, 9.17) is 0 Å². The van der Waals surface area contributed by atoms with E-state index < -0.39 is 0 Å². The number of aromatic nitrogens is 2. The van der Waals surface area contributed by atoms with E-state index >= 15 is 0 Å². The summed E-state index contributed by atoms with van der Waals surface area (Å²) in [6, 6.07) is 12.3. The van der Waals surface area contributed by atoms with Gasteiger partial charge in [-0.25, -0.2) is 0 Å². The lowest BCUT2D eigenvalue weighted by molar-refractivity contribution is 0.529. The van der Waals surface area contributed by atoms with Gasteiger partial charge < -0.3 is 16.0 Å². The zero-order valence-corrected chi connectivity index (χ0v) is 13.1. The summed E-state index contributed by atoms with van der Waals surface area (Å²) in [5, 5.41) is 10.2. The van der Waals surface area contributed by atoms with Crippen LogP contribution in [0.3, 0.4) is 0 Å². The maximum absolute atomic E-state index is 4.35. The fourth-order valence-electron chi connectivity index (χ4n) is 2.13. The minimum absolute atomic E-state index is 0.283. The van der Waals surface area contributed by atoms with Crippen LogP contribution in [-0.4, -0.2) is 36.1 Å². The normalized spacial score (nSPS) is 12.2. The lowest BCUT2D eigenvalue weighted by atomic mass is 10.2. The van der Waals surface area contributed by atoms with E-state index in [-0.39, 0.29) is 6.04 Å². The Kier molecular flexibility index (Phi) is 7.52. The van der Waals surface area contributed by atoms with Crippen molar-refractivity contribution >= 4 is 0 Å². The van der Waals surface area contributed by atoms with Crippen LogP contribution in [0.25, 0.3) is 0 Å². The molecule has 0 aliphatic heterocycles. The molecule has 5 heteroatoms. The van der Waals surface area contributed by atoms with Gasteiger partial charge >= 0.3 is 0 Å². The fraction of sp³-hybridized carbons (Fsp3) is 0.412. The number of rotatable bonds is 10. The molecule has 2 rings (SSSR count). The van der Waals surface area contributed by atoms with E-state index in [1.165, 1.54) is 0 Å². The maximum Gasteiger partial charge on any atom is 0.0570 e. The summed E-state index contributed by atoms with van der Waals surface area (Å²) >= 11 is 0. The zero-order chi connectivity index (χ0) is 15.5. The Morgan fingerprint density at radius 1 is 0.864 bits per heavy atom. The van der Waals surface area contributed by atoms with Gasteiger partial charge in [-0.3, -0.25) is 9.97 Å². The molecule has 5 nitrogen and oxygen atoms in total. The van der Waals surface area contributed by atoms with Crippen molar-refractivity contribution in [3.8, 4) is 0 Å². The Morgan fingerprint density at radius 2 is 1.59 bits per heavy atom. The van der Waals surface area contributed by atoms with E-state index in [0.717, 1.165) is 44.1 Å². The second kappa shape index (κ2) is 10.00. The molecule has 0 amide bonds. The molecule has 118 valence electrons. The molecule has 1 atom stereocenters. The van der Waals surface area contributed by atoms with Crippen molar-refractivity contribution in [1.29, 1.82) is 0 Å². The minimum Gasteiger partial charge on any atom is -0.314 e. The number of pyridine rings is 2. The van der Waals surface area contributed by atoms with Gasteiger partial charge in [0.05, 0.1) is 11.4 Å². The minimum atomic E-state index is 0.283. The molecule has 0 fully saturated rings. The summed E-state index contributed by atoms with van der Waals surface area (Å²) in [6.07, 6.45) is 3.66. The van der Waals surface area contributed by atoms with Crippen LogP contribution in [0.5, 0.6) is 0 Å². The Bertz CT molecular complexity index is 503. The van der Waals surface area contributed by atoms with Crippen LogP contribution in [0.2, 0.25) is 0 Å². The zero-order valence-electron chi connectivity index (χ0n) is 13.1. The number of hydrogen-bond donors (Lipinski definition) is 3. The van der Waals surface area contributed by atoms with E-state index in [1.54, 1.807) is 0 Å². The highest BCUT2D eigenvalue weighted by molar-refractivity contribution is 5.07. The van der Waals surface area contributed by atoms with Gasteiger partial charge in [-0.15, -0.1) is 0 Å². The monoisotopic (exact) mass is 299 g/mol. The quantitative estimate of drug-likeness (QED) is 0.581. The molecule has 2 aromatic heterocycles. The predicted molar refractivity (Wildman–Crippen MR) is 89.5 cm³/mol. The van der Waals surface area contributed by atoms with E-state index in [0.29, 0.717) is 0 Å². The largest absolute Gasteiger partial charge is 0.314 e. The maximum atomic E-state index is 4.35. The van der Waals surface area contributed by atoms with Gasteiger partial charge in [0.15, 0.2) is 0 Å². The molecule has 0 aliphatic carbocycles. The molecule has 0 saturated carbocycles. The summed E-state index contributed by atoms with van der Waals surface area (Å²) in [6.45, 7) is 6.72. The molecule has 0 saturated heterocycles. The van der Waals surface area contributed by atoms with Gasteiger partial charge in [0, 0.05) is 51.2 Å². The summed E-state index contributed by atoms with van der Waals surface area (Å²) in [5.74, 6) is 0.